The maximum absolute atomic E-state index is 10.4. The van der Waals surface area contributed by atoms with Gasteiger partial charge < -0.3 is 14.0 Å². The van der Waals surface area contributed by atoms with Gasteiger partial charge in [-0.05, 0) is 25.9 Å². The summed E-state index contributed by atoms with van der Waals surface area (Å²) < 4.78 is 70.3. The second-order valence-electron chi connectivity index (χ2n) is 6.16. The average molecular weight is 441 g/mol. The SMILES string of the molecule is O=S(=O)(O)CCCN1CCOCC1.O=S(=O)([O-])CCCN1CCOCC1.[Na+]. The molecular weight excluding hydrogens is 411 g/mol. The molecule has 2 rings (SSSR count). The van der Waals surface area contributed by atoms with Gasteiger partial charge in [0, 0.05) is 31.9 Å². The maximum atomic E-state index is 10.4. The molecule has 0 aliphatic carbocycles. The molecule has 2 saturated heterocycles. The van der Waals surface area contributed by atoms with Gasteiger partial charge in [-0.15, -0.1) is 0 Å². The van der Waals surface area contributed by atoms with E-state index in [2.05, 4.69) is 9.80 Å². The van der Waals surface area contributed by atoms with Gasteiger partial charge in [-0.1, -0.05) is 0 Å². The largest absolute Gasteiger partial charge is 1.00 e. The molecule has 0 aromatic rings. The predicted molar refractivity (Wildman–Crippen MR) is 94.7 cm³/mol. The van der Waals surface area contributed by atoms with E-state index in [1.165, 1.54) is 0 Å². The molecule has 0 unspecified atom stereocenters. The Hall–Kier alpha value is 0.660. The monoisotopic (exact) mass is 440 g/mol. The van der Waals surface area contributed by atoms with Crippen molar-refractivity contribution in [1.29, 1.82) is 0 Å². The van der Waals surface area contributed by atoms with Gasteiger partial charge in [0.15, 0.2) is 0 Å². The average Bonchev–Trinajstić information content (AvgIpc) is 2.55. The van der Waals surface area contributed by atoms with Crippen molar-refractivity contribution < 1.29 is 65.0 Å². The molecule has 27 heavy (non-hydrogen) atoms. The molecule has 0 saturated carbocycles. The molecule has 0 aromatic heterocycles. The Morgan fingerprint density at radius 1 is 0.778 bits per heavy atom. The van der Waals surface area contributed by atoms with E-state index in [1.54, 1.807) is 0 Å². The van der Waals surface area contributed by atoms with Gasteiger partial charge in [-0.25, -0.2) is 8.42 Å². The van der Waals surface area contributed by atoms with Crippen LogP contribution in [0.3, 0.4) is 0 Å². The molecule has 0 bridgehead atoms. The first-order valence-corrected chi connectivity index (χ1v) is 11.8. The molecule has 0 aromatic carbocycles. The van der Waals surface area contributed by atoms with Gasteiger partial charge in [0.1, 0.15) is 0 Å². The normalized spacial score (nSPS) is 19.6. The number of hydrogen-bond donors (Lipinski definition) is 1. The first-order valence-electron chi connectivity index (χ1n) is 8.65. The molecule has 2 aliphatic rings. The van der Waals surface area contributed by atoms with Gasteiger partial charge in [-0.3, -0.25) is 14.4 Å². The van der Waals surface area contributed by atoms with Gasteiger partial charge in [-0.2, -0.15) is 8.42 Å². The Balaban J connectivity index is 0.000000483. The third-order valence-electron chi connectivity index (χ3n) is 3.95. The molecule has 2 heterocycles. The van der Waals surface area contributed by atoms with E-state index in [1.807, 2.05) is 0 Å². The van der Waals surface area contributed by atoms with Gasteiger partial charge in [0.2, 0.25) is 0 Å². The fraction of sp³-hybridized carbons (Fsp3) is 1.00. The van der Waals surface area contributed by atoms with Crippen LogP contribution in [0.15, 0.2) is 0 Å². The van der Waals surface area contributed by atoms with E-state index in [-0.39, 0.29) is 41.1 Å². The molecule has 0 spiro atoms. The molecule has 13 heteroatoms. The van der Waals surface area contributed by atoms with E-state index >= 15 is 0 Å². The number of ether oxygens (including phenoxy) is 2. The molecule has 0 amide bonds. The van der Waals surface area contributed by atoms with Crippen molar-refractivity contribution >= 4 is 20.2 Å². The Labute approximate surface area is 184 Å². The first-order chi connectivity index (χ1) is 12.2. The zero-order valence-corrected chi connectivity index (χ0v) is 19.5. The fourth-order valence-corrected chi connectivity index (χ4v) is 3.56. The molecule has 1 N–H and O–H groups in total. The summed E-state index contributed by atoms with van der Waals surface area (Å²) in [4.78, 5) is 4.24. The van der Waals surface area contributed by atoms with Crippen LogP contribution in [0.5, 0.6) is 0 Å². The molecular formula is C14H29N2NaO8S2. The summed E-state index contributed by atoms with van der Waals surface area (Å²) in [5.74, 6) is -0.408. The molecule has 156 valence electrons. The topological polar surface area (TPSA) is 137 Å². The van der Waals surface area contributed by atoms with Crippen LogP contribution in [0.4, 0.5) is 0 Å². The van der Waals surface area contributed by atoms with Crippen molar-refractivity contribution in [2.24, 2.45) is 0 Å². The summed E-state index contributed by atoms with van der Waals surface area (Å²) in [5, 5.41) is 0. The van der Waals surface area contributed by atoms with Crippen molar-refractivity contribution in [3.8, 4) is 0 Å². The summed E-state index contributed by atoms with van der Waals surface area (Å²) in [6, 6.07) is 0. The van der Waals surface area contributed by atoms with E-state index in [0.29, 0.717) is 52.4 Å². The number of morpholine rings is 2. The second kappa shape index (κ2) is 14.6. The smallest absolute Gasteiger partial charge is 0.748 e. The van der Waals surface area contributed by atoms with Crippen molar-refractivity contribution in [1.82, 2.24) is 9.80 Å². The van der Waals surface area contributed by atoms with Gasteiger partial charge in [0.25, 0.3) is 10.1 Å². The maximum Gasteiger partial charge on any atom is 1.00 e. The van der Waals surface area contributed by atoms with Crippen molar-refractivity contribution in [3.05, 3.63) is 0 Å². The first kappa shape index (κ1) is 27.7. The van der Waals surface area contributed by atoms with Crippen molar-refractivity contribution in [2.45, 2.75) is 12.8 Å². The minimum absolute atomic E-state index is 0. The van der Waals surface area contributed by atoms with Crippen LogP contribution in [0.2, 0.25) is 0 Å². The van der Waals surface area contributed by atoms with E-state index < -0.39 is 20.2 Å². The third-order valence-corrected chi connectivity index (χ3v) is 5.55. The molecule has 10 nitrogen and oxygen atoms in total. The molecule has 2 fully saturated rings. The Kier molecular flexibility index (Phi) is 15.0. The molecule has 2 aliphatic heterocycles. The summed E-state index contributed by atoms with van der Waals surface area (Å²) in [5.41, 5.74) is 0. The minimum Gasteiger partial charge on any atom is -0.748 e. The molecule has 0 radical (unpaired) electrons. The Morgan fingerprint density at radius 2 is 1.15 bits per heavy atom. The van der Waals surface area contributed by atoms with Gasteiger partial charge in [0.05, 0.1) is 42.3 Å². The van der Waals surface area contributed by atoms with Crippen molar-refractivity contribution in [3.63, 3.8) is 0 Å². The van der Waals surface area contributed by atoms with Crippen LogP contribution in [0, 0.1) is 0 Å². The second-order valence-corrected chi connectivity index (χ2v) is 9.26. The number of hydrogen-bond acceptors (Lipinski definition) is 9. The zero-order chi connectivity index (χ0) is 19.5. The van der Waals surface area contributed by atoms with Crippen LogP contribution >= 0.6 is 0 Å². The van der Waals surface area contributed by atoms with Crippen LogP contribution in [0.25, 0.3) is 0 Å². The van der Waals surface area contributed by atoms with E-state index in [0.717, 1.165) is 26.2 Å². The Morgan fingerprint density at radius 3 is 1.48 bits per heavy atom. The van der Waals surface area contributed by atoms with Gasteiger partial charge >= 0.3 is 29.6 Å². The van der Waals surface area contributed by atoms with E-state index in [4.69, 9.17) is 14.0 Å². The standard InChI is InChI=1S/2C7H15NO4S.Na/c2*9-13(10,11)7-1-2-8-3-5-12-6-4-8;/h2*1-7H2,(H,9,10,11);/q;;+1/p-1. The van der Waals surface area contributed by atoms with Crippen LogP contribution in [-0.4, -0.2) is 113 Å². The zero-order valence-electron chi connectivity index (χ0n) is 15.9. The number of nitrogens with zero attached hydrogens (tertiary/aromatic N) is 2. The summed E-state index contributed by atoms with van der Waals surface area (Å²) in [7, 11) is -7.82. The fourth-order valence-electron chi connectivity index (χ4n) is 2.59. The third kappa shape index (κ3) is 17.2. The number of rotatable bonds is 8. The van der Waals surface area contributed by atoms with E-state index in [9.17, 15) is 21.4 Å². The quantitative estimate of drug-likeness (QED) is 0.293. The predicted octanol–water partition coefficient (Wildman–Crippen LogP) is -4.15. The van der Waals surface area contributed by atoms with Crippen LogP contribution in [0.1, 0.15) is 12.8 Å². The Bertz CT molecular complexity index is 524. The summed E-state index contributed by atoms with van der Waals surface area (Å²) >= 11 is 0. The van der Waals surface area contributed by atoms with Crippen LogP contribution in [-0.2, 0) is 29.7 Å². The summed E-state index contributed by atoms with van der Waals surface area (Å²) in [6.45, 7) is 7.58. The molecule has 0 atom stereocenters. The van der Waals surface area contributed by atoms with Crippen molar-refractivity contribution in [2.75, 3.05) is 77.2 Å². The minimum atomic E-state index is -4.03. The van der Waals surface area contributed by atoms with Crippen LogP contribution < -0.4 is 29.6 Å². The summed E-state index contributed by atoms with van der Waals surface area (Å²) in [6.07, 6.45) is 0.907.